The smallest absolute Gasteiger partial charge is 0.308 e. The van der Waals surface area contributed by atoms with Crippen molar-refractivity contribution in [2.24, 2.45) is 11.8 Å². The number of carboxylic acid groups (broad SMARTS) is 1. The number of ether oxygens (including phenoxy) is 1. The number of carboxylic acids is 1. The summed E-state index contributed by atoms with van der Waals surface area (Å²) in [6.07, 6.45) is -0.0542. The number of hydrogen-bond acceptors (Lipinski definition) is 3. The molecule has 0 aliphatic rings. The van der Waals surface area contributed by atoms with Gasteiger partial charge in [0.2, 0.25) is 5.91 Å². The van der Waals surface area contributed by atoms with Crippen LogP contribution in [0.25, 0.3) is 0 Å². The lowest BCUT2D eigenvalue weighted by atomic mass is 9.96. The maximum atomic E-state index is 12.3. The third-order valence-corrected chi connectivity index (χ3v) is 5.39. The van der Waals surface area contributed by atoms with Crippen LogP contribution in [0.15, 0.2) is 84.9 Å². The van der Waals surface area contributed by atoms with Crippen molar-refractivity contribution in [2.45, 2.75) is 26.4 Å². The Kier molecular flexibility index (Phi) is 8.03. The molecule has 3 rings (SSSR count). The van der Waals surface area contributed by atoms with Gasteiger partial charge in [-0.1, -0.05) is 86.6 Å². The molecule has 0 aliphatic carbocycles. The Morgan fingerprint density at radius 1 is 0.844 bits per heavy atom. The third kappa shape index (κ3) is 6.45. The quantitative estimate of drug-likeness (QED) is 0.480. The summed E-state index contributed by atoms with van der Waals surface area (Å²) in [6.45, 7) is 3.80. The molecule has 1 atom stereocenters. The summed E-state index contributed by atoms with van der Waals surface area (Å²) >= 11 is 0. The van der Waals surface area contributed by atoms with Crippen LogP contribution in [0.2, 0.25) is 0 Å². The van der Waals surface area contributed by atoms with Crippen molar-refractivity contribution in [1.82, 2.24) is 5.32 Å². The van der Waals surface area contributed by atoms with E-state index in [9.17, 15) is 14.7 Å². The molecule has 32 heavy (non-hydrogen) atoms. The summed E-state index contributed by atoms with van der Waals surface area (Å²) in [5, 5.41) is 12.0. The highest BCUT2D eigenvalue weighted by atomic mass is 16.5. The fourth-order valence-corrected chi connectivity index (χ4v) is 3.49. The fourth-order valence-electron chi connectivity index (χ4n) is 3.49. The van der Waals surface area contributed by atoms with Gasteiger partial charge in [0, 0.05) is 6.54 Å². The molecule has 0 saturated heterocycles. The van der Waals surface area contributed by atoms with E-state index in [4.69, 9.17) is 4.74 Å². The van der Waals surface area contributed by atoms with Crippen molar-refractivity contribution in [3.05, 3.63) is 102 Å². The molecule has 3 aromatic rings. The molecule has 1 unspecified atom stereocenters. The normalized spacial score (nSPS) is 11.9. The number of nitrogens with one attached hydrogen (secondary N) is 1. The van der Waals surface area contributed by atoms with Crippen LogP contribution in [0, 0.1) is 11.8 Å². The molecule has 166 valence electrons. The Morgan fingerprint density at radius 3 is 1.84 bits per heavy atom. The molecule has 0 aliphatic heterocycles. The lowest BCUT2D eigenvalue weighted by Crippen LogP contribution is -2.36. The first-order chi connectivity index (χ1) is 15.4. The minimum atomic E-state index is -0.895. The lowest BCUT2D eigenvalue weighted by Gasteiger charge is -2.20. The Labute approximate surface area is 189 Å². The molecule has 0 aromatic heterocycles. The number of aliphatic carboxylic acids is 1. The molecule has 0 saturated carbocycles. The van der Waals surface area contributed by atoms with Crippen LogP contribution in [0.4, 0.5) is 0 Å². The molecule has 5 nitrogen and oxygen atoms in total. The van der Waals surface area contributed by atoms with E-state index in [1.165, 1.54) is 0 Å². The van der Waals surface area contributed by atoms with Crippen LogP contribution in [0.3, 0.4) is 0 Å². The highest BCUT2D eigenvalue weighted by molar-refractivity contribution is 5.79. The van der Waals surface area contributed by atoms with E-state index in [0.29, 0.717) is 5.75 Å². The highest BCUT2D eigenvalue weighted by Gasteiger charge is 2.22. The number of carbonyl (C=O) groups excluding carboxylic acids is 1. The van der Waals surface area contributed by atoms with Crippen molar-refractivity contribution in [2.75, 3.05) is 6.54 Å². The predicted octanol–water partition coefficient (Wildman–Crippen LogP) is 4.87. The Hall–Kier alpha value is -3.60. The number of amides is 1. The zero-order valence-electron chi connectivity index (χ0n) is 18.4. The van der Waals surface area contributed by atoms with Gasteiger partial charge in [-0.05, 0) is 34.7 Å². The maximum absolute atomic E-state index is 12.3. The SMILES string of the molecule is CC(C)C(CNC(=O)Cc1ccc(OC(c2ccccc2)c2ccccc2)cc1)C(=O)O. The van der Waals surface area contributed by atoms with Gasteiger partial charge in [0.05, 0.1) is 12.3 Å². The van der Waals surface area contributed by atoms with Gasteiger partial charge in [0.15, 0.2) is 0 Å². The maximum Gasteiger partial charge on any atom is 0.308 e. The minimum Gasteiger partial charge on any atom is -0.481 e. The molecule has 2 N–H and O–H groups in total. The van der Waals surface area contributed by atoms with Gasteiger partial charge in [-0.15, -0.1) is 0 Å². The highest BCUT2D eigenvalue weighted by Crippen LogP contribution is 2.28. The molecule has 0 heterocycles. The van der Waals surface area contributed by atoms with E-state index < -0.39 is 11.9 Å². The summed E-state index contributed by atoms with van der Waals surface area (Å²) in [5.74, 6) is -1.03. The van der Waals surface area contributed by atoms with Crippen LogP contribution in [-0.4, -0.2) is 23.5 Å². The van der Waals surface area contributed by atoms with E-state index >= 15 is 0 Å². The van der Waals surface area contributed by atoms with E-state index in [-0.39, 0.29) is 30.9 Å². The van der Waals surface area contributed by atoms with Crippen molar-refractivity contribution >= 4 is 11.9 Å². The van der Waals surface area contributed by atoms with Crippen molar-refractivity contribution in [3.63, 3.8) is 0 Å². The molecular weight excluding hydrogens is 402 g/mol. The monoisotopic (exact) mass is 431 g/mol. The zero-order valence-corrected chi connectivity index (χ0v) is 18.4. The van der Waals surface area contributed by atoms with E-state index in [1.54, 1.807) is 0 Å². The predicted molar refractivity (Wildman–Crippen MR) is 124 cm³/mol. The van der Waals surface area contributed by atoms with Crippen molar-refractivity contribution in [3.8, 4) is 5.75 Å². The summed E-state index contributed by atoms with van der Waals surface area (Å²) in [4.78, 5) is 23.5. The molecule has 0 spiro atoms. The Morgan fingerprint density at radius 2 is 1.38 bits per heavy atom. The fraction of sp³-hybridized carbons (Fsp3) is 0.259. The average molecular weight is 432 g/mol. The number of benzene rings is 3. The number of hydrogen-bond donors (Lipinski definition) is 2. The topological polar surface area (TPSA) is 75.6 Å². The second-order valence-electron chi connectivity index (χ2n) is 8.13. The van der Waals surface area contributed by atoms with Gasteiger partial charge in [-0.25, -0.2) is 0 Å². The van der Waals surface area contributed by atoms with Crippen molar-refractivity contribution < 1.29 is 19.4 Å². The van der Waals surface area contributed by atoms with Crippen LogP contribution < -0.4 is 10.1 Å². The van der Waals surface area contributed by atoms with Crippen LogP contribution in [0.5, 0.6) is 5.75 Å². The van der Waals surface area contributed by atoms with Gasteiger partial charge in [0.25, 0.3) is 0 Å². The summed E-state index contributed by atoms with van der Waals surface area (Å²) < 4.78 is 6.31. The number of carbonyl (C=O) groups is 2. The van der Waals surface area contributed by atoms with Gasteiger partial charge < -0.3 is 15.2 Å². The van der Waals surface area contributed by atoms with Crippen LogP contribution >= 0.6 is 0 Å². The third-order valence-electron chi connectivity index (χ3n) is 5.39. The van der Waals surface area contributed by atoms with Gasteiger partial charge in [-0.2, -0.15) is 0 Å². The van der Waals surface area contributed by atoms with Crippen molar-refractivity contribution in [1.29, 1.82) is 0 Å². The van der Waals surface area contributed by atoms with Gasteiger partial charge in [0.1, 0.15) is 11.9 Å². The van der Waals surface area contributed by atoms with Gasteiger partial charge in [-0.3, -0.25) is 9.59 Å². The molecule has 5 heteroatoms. The first-order valence-electron chi connectivity index (χ1n) is 10.8. The largest absolute Gasteiger partial charge is 0.481 e. The molecule has 0 bridgehead atoms. The summed E-state index contributed by atoms with van der Waals surface area (Å²) in [7, 11) is 0. The zero-order chi connectivity index (χ0) is 22.9. The van der Waals surface area contributed by atoms with E-state index in [0.717, 1.165) is 16.7 Å². The van der Waals surface area contributed by atoms with Crippen LogP contribution in [0.1, 0.15) is 36.6 Å². The first-order valence-corrected chi connectivity index (χ1v) is 10.8. The summed E-state index contributed by atoms with van der Waals surface area (Å²) in [6, 6.07) is 27.5. The molecular formula is C27H29NO4. The first kappa shape index (κ1) is 23.1. The molecule has 1 amide bonds. The summed E-state index contributed by atoms with van der Waals surface area (Å²) in [5.41, 5.74) is 2.95. The molecule has 0 fully saturated rings. The standard InChI is InChI=1S/C27H29NO4/c1-19(2)24(27(30)31)18-28-25(29)17-20-13-15-23(16-14-20)32-26(21-9-5-3-6-10-21)22-11-7-4-8-12-22/h3-16,19,24,26H,17-18H2,1-2H3,(H,28,29)(H,30,31). The van der Waals surface area contributed by atoms with E-state index in [1.807, 2.05) is 98.8 Å². The number of rotatable bonds is 10. The van der Waals surface area contributed by atoms with Crippen LogP contribution in [-0.2, 0) is 16.0 Å². The van der Waals surface area contributed by atoms with E-state index in [2.05, 4.69) is 5.32 Å². The minimum absolute atomic E-state index is 0.0496. The molecule has 3 aromatic carbocycles. The Bertz CT molecular complexity index is 961. The lowest BCUT2D eigenvalue weighted by molar-refractivity contribution is -0.143. The second-order valence-corrected chi connectivity index (χ2v) is 8.13. The average Bonchev–Trinajstić information content (AvgIpc) is 2.79. The Balaban J connectivity index is 1.64. The van der Waals surface area contributed by atoms with Gasteiger partial charge >= 0.3 is 5.97 Å². The second kappa shape index (κ2) is 11.1. The molecule has 0 radical (unpaired) electrons.